The standard InChI is InChI=1S/C44H83NO7/c1-6-8-10-12-14-16-18-20-21-23-24-26-28-30-32-34-42(46)51-39-40(38-50-37-36-41(44(48)49)45(3,4)5)52-43(47)35-33-31-29-27-25-22-19-17-15-13-11-9-7-2/h16,18,40-41H,6-15,17,19-39H2,1-5H3/b18-16+. The van der Waals surface area contributed by atoms with Gasteiger partial charge in [-0.05, 0) is 38.5 Å². The second-order valence-corrected chi connectivity index (χ2v) is 15.9. The van der Waals surface area contributed by atoms with Crippen molar-refractivity contribution in [1.29, 1.82) is 0 Å². The van der Waals surface area contributed by atoms with E-state index in [0.717, 1.165) is 38.5 Å². The molecular formula is C44H83NO7. The summed E-state index contributed by atoms with van der Waals surface area (Å²) in [6, 6.07) is -0.721. The zero-order chi connectivity index (χ0) is 38.5. The van der Waals surface area contributed by atoms with Crippen LogP contribution in [0.3, 0.4) is 0 Å². The van der Waals surface area contributed by atoms with Crippen molar-refractivity contribution in [3.8, 4) is 0 Å². The predicted molar refractivity (Wildman–Crippen MR) is 213 cm³/mol. The first-order chi connectivity index (χ1) is 25.1. The summed E-state index contributed by atoms with van der Waals surface area (Å²) in [5.74, 6) is -1.73. The van der Waals surface area contributed by atoms with Gasteiger partial charge in [-0.1, -0.05) is 154 Å². The molecule has 306 valence electrons. The molecule has 0 aromatic heterocycles. The second-order valence-electron chi connectivity index (χ2n) is 15.9. The van der Waals surface area contributed by atoms with Crippen LogP contribution >= 0.6 is 0 Å². The summed E-state index contributed by atoms with van der Waals surface area (Å²) in [5, 5.41) is 11.6. The number of nitrogens with zero attached hydrogens (tertiary/aromatic N) is 1. The van der Waals surface area contributed by atoms with Crippen LogP contribution in [0.25, 0.3) is 0 Å². The highest BCUT2D eigenvalue weighted by Gasteiger charge is 2.25. The fourth-order valence-electron chi connectivity index (χ4n) is 6.48. The summed E-state index contributed by atoms with van der Waals surface area (Å²) >= 11 is 0. The number of hydrogen-bond acceptors (Lipinski definition) is 7. The maximum Gasteiger partial charge on any atom is 0.306 e. The number of aliphatic carboxylic acids is 1. The number of hydrogen-bond donors (Lipinski definition) is 0. The predicted octanol–water partition coefficient (Wildman–Crippen LogP) is 10.2. The van der Waals surface area contributed by atoms with Gasteiger partial charge < -0.3 is 28.6 Å². The van der Waals surface area contributed by atoms with Crippen molar-refractivity contribution in [2.24, 2.45) is 0 Å². The van der Waals surface area contributed by atoms with Crippen LogP contribution in [0.5, 0.6) is 0 Å². The van der Waals surface area contributed by atoms with Gasteiger partial charge in [-0.25, -0.2) is 0 Å². The Bertz CT molecular complexity index is 869. The summed E-state index contributed by atoms with van der Waals surface area (Å²) in [4.78, 5) is 36.8. The highest BCUT2D eigenvalue weighted by molar-refractivity contribution is 5.70. The Balaban J connectivity index is 4.33. The third kappa shape index (κ3) is 33.9. The van der Waals surface area contributed by atoms with E-state index in [-0.39, 0.29) is 42.7 Å². The molecule has 2 unspecified atom stereocenters. The van der Waals surface area contributed by atoms with Gasteiger partial charge in [0.25, 0.3) is 0 Å². The van der Waals surface area contributed by atoms with Gasteiger partial charge in [-0.2, -0.15) is 0 Å². The van der Waals surface area contributed by atoms with E-state index in [1.54, 1.807) is 21.1 Å². The number of unbranched alkanes of at least 4 members (excludes halogenated alkanes) is 23. The summed E-state index contributed by atoms with van der Waals surface area (Å²) < 4.78 is 17.2. The van der Waals surface area contributed by atoms with Crippen LogP contribution in [-0.2, 0) is 28.6 Å². The Labute approximate surface area is 320 Å². The van der Waals surface area contributed by atoms with Gasteiger partial charge in [0, 0.05) is 19.3 Å². The van der Waals surface area contributed by atoms with Crippen LogP contribution in [0.2, 0.25) is 0 Å². The molecule has 8 nitrogen and oxygen atoms in total. The van der Waals surface area contributed by atoms with Crippen molar-refractivity contribution in [1.82, 2.24) is 0 Å². The van der Waals surface area contributed by atoms with Crippen LogP contribution in [0.4, 0.5) is 0 Å². The maximum absolute atomic E-state index is 12.7. The number of likely N-dealkylation sites (N-methyl/N-ethyl adjacent to an activating group) is 1. The molecule has 0 N–H and O–H groups in total. The molecule has 0 aromatic rings. The van der Waals surface area contributed by atoms with Gasteiger partial charge in [0.2, 0.25) is 0 Å². The van der Waals surface area contributed by atoms with Crippen LogP contribution < -0.4 is 5.11 Å². The summed E-state index contributed by atoms with van der Waals surface area (Å²) in [7, 11) is 5.41. The fourth-order valence-corrected chi connectivity index (χ4v) is 6.48. The molecule has 0 amide bonds. The van der Waals surface area contributed by atoms with E-state index in [4.69, 9.17) is 14.2 Å². The fraction of sp³-hybridized carbons (Fsp3) is 0.886. The smallest absolute Gasteiger partial charge is 0.306 e. The summed E-state index contributed by atoms with van der Waals surface area (Å²) in [6.45, 7) is 4.66. The quantitative estimate of drug-likeness (QED) is 0.0268. The molecule has 8 heteroatoms. The monoisotopic (exact) mass is 738 g/mol. The molecule has 0 aromatic carbocycles. The second kappa shape index (κ2) is 36.1. The SMILES string of the molecule is CCCCCC/C=C/CCCCCCCCCC(=O)OCC(COCCC(C(=O)[O-])[N+](C)(C)C)OC(=O)CCCCCCCCCCCCCCC. The van der Waals surface area contributed by atoms with E-state index in [1.807, 2.05) is 0 Å². The first-order valence-electron chi connectivity index (χ1n) is 21.7. The third-order valence-electron chi connectivity index (χ3n) is 9.90. The molecule has 0 heterocycles. The Morgan fingerprint density at radius 2 is 0.962 bits per heavy atom. The van der Waals surface area contributed by atoms with Gasteiger partial charge in [0.15, 0.2) is 6.10 Å². The maximum atomic E-state index is 12.7. The number of carboxylic acid groups (broad SMARTS) is 1. The first-order valence-corrected chi connectivity index (χ1v) is 21.7. The van der Waals surface area contributed by atoms with Crippen LogP contribution in [-0.4, -0.2) is 75.5 Å². The molecule has 0 saturated heterocycles. The van der Waals surface area contributed by atoms with Gasteiger partial charge in [-0.15, -0.1) is 0 Å². The van der Waals surface area contributed by atoms with Crippen LogP contribution in [0.15, 0.2) is 12.2 Å². The molecular weight excluding hydrogens is 654 g/mol. The van der Waals surface area contributed by atoms with E-state index >= 15 is 0 Å². The first kappa shape index (κ1) is 50.1. The average Bonchev–Trinajstić information content (AvgIpc) is 3.09. The van der Waals surface area contributed by atoms with Crippen molar-refractivity contribution in [3.05, 3.63) is 12.2 Å². The van der Waals surface area contributed by atoms with Crippen molar-refractivity contribution >= 4 is 17.9 Å². The van der Waals surface area contributed by atoms with Crippen molar-refractivity contribution in [2.75, 3.05) is 41.0 Å². The Morgan fingerprint density at radius 1 is 0.558 bits per heavy atom. The van der Waals surface area contributed by atoms with Gasteiger partial charge in [-0.3, -0.25) is 9.59 Å². The van der Waals surface area contributed by atoms with E-state index in [1.165, 1.54) is 128 Å². The molecule has 0 fully saturated rings. The Kier molecular flexibility index (Phi) is 34.7. The molecule has 0 radical (unpaired) electrons. The number of esters is 2. The van der Waals surface area contributed by atoms with Gasteiger partial charge in [0.05, 0.1) is 40.3 Å². The lowest BCUT2D eigenvalue weighted by Gasteiger charge is -2.34. The molecule has 0 saturated carbocycles. The highest BCUT2D eigenvalue weighted by Crippen LogP contribution is 2.15. The van der Waals surface area contributed by atoms with Crippen molar-refractivity contribution in [2.45, 2.75) is 212 Å². The van der Waals surface area contributed by atoms with E-state index in [0.29, 0.717) is 12.8 Å². The number of carbonyl (C=O) groups excluding carboxylic acids is 3. The number of carbonyl (C=O) groups is 3. The lowest BCUT2D eigenvalue weighted by Crippen LogP contribution is -2.55. The van der Waals surface area contributed by atoms with Crippen LogP contribution in [0, 0.1) is 0 Å². The minimum absolute atomic E-state index is 0.0449. The average molecular weight is 738 g/mol. The molecule has 0 aliphatic carbocycles. The van der Waals surface area contributed by atoms with E-state index in [9.17, 15) is 19.5 Å². The van der Waals surface area contributed by atoms with E-state index < -0.39 is 18.1 Å². The van der Waals surface area contributed by atoms with Gasteiger partial charge in [0.1, 0.15) is 12.6 Å². The molecule has 52 heavy (non-hydrogen) atoms. The number of rotatable bonds is 39. The Hall–Kier alpha value is -1.93. The largest absolute Gasteiger partial charge is 0.544 e. The Morgan fingerprint density at radius 3 is 1.40 bits per heavy atom. The minimum atomic E-state index is -1.12. The molecule has 2 atom stereocenters. The number of ether oxygens (including phenoxy) is 3. The molecule has 0 spiro atoms. The summed E-state index contributed by atoms with van der Waals surface area (Å²) in [6.07, 6.45) is 36.5. The molecule has 0 aliphatic heterocycles. The molecule has 0 rings (SSSR count). The number of quaternary nitrogens is 1. The number of carboxylic acids is 1. The number of allylic oxidation sites excluding steroid dienone is 2. The molecule has 0 aliphatic rings. The minimum Gasteiger partial charge on any atom is -0.544 e. The highest BCUT2D eigenvalue weighted by atomic mass is 16.6. The molecule has 0 bridgehead atoms. The van der Waals surface area contributed by atoms with Gasteiger partial charge >= 0.3 is 11.9 Å². The third-order valence-corrected chi connectivity index (χ3v) is 9.90. The lowest BCUT2D eigenvalue weighted by atomic mass is 10.0. The van der Waals surface area contributed by atoms with Crippen LogP contribution in [0.1, 0.15) is 200 Å². The van der Waals surface area contributed by atoms with E-state index in [2.05, 4.69) is 26.0 Å². The zero-order valence-electron chi connectivity index (χ0n) is 34.7. The lowest BCUT2D eigenvalue weighted by molar-refractivity contribution is -0.889. The topological polar surface area (TPSA) is 102 Å². The van der Waals surface area contributed by atoms with Crippen molar-refractivity contribution < 1.29 is 38.2 Å². The van der Waals surface area contributed by atoms with Crippen molar-refractivity contribution in [3.63, 3.8) is 0 Å². The summed E-state index contributed by atoms with van der Waals surface area (Å²) in [5.41, 5.74) is 0. The zero-order valence-corrected chi connectivity index (χ0v) is 34.7. The normalized spacial score (nSPS) is 13.0.